The Bertz CT molecular complexity index is 769. The van der Waals surface area contributed by atoms with Gasteiger partial charge in [-0.1, -0.05) is 30.3 Å². The minimum Gasteiger partial charge on any atom is -0.399 e. The molecule has 144 valence electrons. The molecule has 0 bridgehead atoms. The Morgan fingerprint density at radius 1 is 1.11 bits per heavy atom. The third-order valence-corrected chi connectivity index (χ3v) is 4.75. The molecule has 2 aromatic carbocycles. The Morgan fingerprint density at radius 2 is 1.70 bits per heavy atom. The van der Waals surface area contributed by atoms with Crippen molar-refractivity contribution in [3.8, 4) is 0 Å². The molecule has 7 heteroatoms. The predicted molar refractivity (Wildman–Crippen MR) is 102 cm³/mol. The second-order valence-corrected chi connectivity index (χ2v) is 6.56. The molecule has 0 radical (unpaired) electrons. The number of nitrogens with two attached hydrogens (primary N) is 1. The van der Waals surface area contributed by atoms with Crippen LogP contribution in [0.25, 0.3) is 0 Å². The first-order valence-electron chi connectivity index (χ1n) is 9.07. The van der Waals surface area contributed by atoms with Gasteiger partial charge in [0, 0.05) is 38.4 Å². The summed E-state index contributed by atoms with van der Waals surface area (Å²) in [7, 11) is 0. The highest BCUT2D eigenvalue weighted by atomic mass is 19.1. The van der Waals surface area contributed by atoms with E-state index in [0.29, 0.717) is 32.7 Å². The van der Waals surface area contributed by atoms with Gasteiger partial charge >= 0.3 is 0 Å². The smallest absolute Gasteiger partial charge is 0.241 e. The minimum absolute atomic E-state index is 0.0573. The number of nitrogen functional groups attached to an aromatic ring is 1. The molecular weight excluding hydrogens is 350 g/mol. The van der Waals surface area contributed by atoms with Crippen LogP contribution in [0, 0.1) is 11.6 Å². The topological polar surface area (TPSA) is 61.6 Å². The third-order valence-electron chi connectivity index (χ3n) is 4.75. The number of nitrogens with one attached hydrogen (secondary N) is 1. The maximum absolute atomic E-state index is 14.2. The van der Waals surface area contributed by atoms with Gasteiger partial charge in [-0.2, -0.15) is 0 Å². The highest BCUT2D eigenvalue weighted by Gasteiger charge is 2.31. The Kier molecular flexibility index (Phi) is 5.91. The van der Waals surface area contributed by atoms with Crippen molar-refractivity contribution in [2.75, 3.05) is 43.4 Å². The van der Waals surface area contributed by atoms with Crippen molar-refractivity contribution in [3.63, 3.8) is 0 Å². The van der Waals surface area contributed by atoms with Crippen LogP contribution in [0.4, 0.5) is 20.2 Å². The van der Waals surface area contributed by atoms with Gasteiger partial charge in [0.15, 0.2) is 11.6 Å². The number of benzene rings is 2. The van der Waals surface area contributed by atoms with E-state index in [9.17, 15) is 13.6 Å². The summed E-state index contributed by atoms with van der Waals surface area (Å²) in [5, 5.41) is 2.88. The number of hydrogen-bond donors (Lipinski definition) is 2. The number of carbonyl (C=O) groups excluding carboxylic acids is 1. The second-order valence-electron chi connectivity index (χ2n) is 6.56. The first-order chi connectivity index (χ1) is 13.0. The molecule has 1 aliphatic heterocycles. The number of halogens is 2. The lowest BCUT2D eigenvalue weighted by Crippen LogP contribution is -2.51. The van der Waals surface area contributed by atoms with Crippen LogP contribution in [0.3, 0.4) is 0 Å². The third kappa shape index (κ3) is 4.19. The van der Waals surface area contributed by atoms with Gasteiger partial charge in [-0.25, -0.2) is 8.78 Å². The standard InChI is InChI=1S/C20H24F2N4O/c1-2-24-20(27)18(14-6-4-3-5-7-14)25-8-10-26(11-9-25)19-16(21)12-15(23)13-17(19)22/h3-7,12-13,18H,2,8-11,23H2,1H3,(H,24,27). The first-order valence-corrected chi connectivity index (χ1v) is 9.07. The molecule has 1 heterocycles. The largest absolute Gasteiger partial charge is 0.399 e. The van der Waals surface area contributed by atoms with Crippen molar-refractivity contribution in [3.05, 3.63) is 59.7 Å². The number of nitrogens with zero attached hydrogens (tertiary/aromatic N) is 2. The number of piperazine rings is 1. The fraction of sp³-hybridized carbons (Fsp3) is 0.350. The van der Waals surface area contributed by atoms with Crippen molar-refractivity contribution in [2.24, 2.45) is 0 Å². The molecule has 3 N–H and O–H groups in total. The van der Waals surface area contributed by atoms with E-state index in [1.165, 1.54) is 0 Å². The average molecular weight is 374 g/mol. The van der Waals surface area contributed by atoms with E-state index in [1.54, 1.807) is 4.90 Å². The average Bonchev–Trinajstić information content (AvgIpc) is 2.63. The molecular formula is C20H24F2N4O. The van der Waals surface area contributed by atoms with Crippen LogP contribution in [0.15, 0.2) is 42.5 Å². The summed E-state index contributed by atoms with van der Waals surface area (Å²) in [6, 6.07) is 11.4. The molecule has 1 amide bonds. The molecule has 1 fully saturated rings. The summed E-state index contributed by atoms with van der Waals surface area (Å²) >= 11 is 0. The van der Waals surface area contributed by atoms with E-state index in [1.807, 2.05) is 42.2 Å². The van der Waals surface area contributed by atoms with Gasteiger partial charge in [0.2, 0.25) is 5.91 Å². The Labute approximate surface area is 157 Å². The van der Waals surface area contributed by atoms with E-state index < -0.39 is 17.7 Å². The fourth-order valence-electron chi connectivity index (χ4n) is 3.53. The van der Waals surface area contributed by atoms with Gasteiger partial charge in [-0.05, 0) is 24.6 Å². The summed E-state index contributed by atoms with van der Waals surface area (Å²) in [6.45, 7) is 4.29. The summed E-state index contributed by atoms with van der Waals surface area (Å²) in [4.78, 5) is 16.4. The number of rotatable bonds is 5. The van der Waals surface area contributed by atoms with E-state index >= 15 is 0 Å². The molecule has 1 atom stereocenters. The van der Waals surface area contributed by atoms with Crippen LogP contribution in [0.5, 0.6) is 0 Å². The second kappa shape index (κ2) is 8.35. The Hall–Kier alpha value is -2.67. The zero-order chi connectivity index (χ0) is 19.4. The minimum atomic E-state index is -0.663. The highest BCUT2D eigenvalue weighted by Crippen LogP contribution is 2.29. The lowest BCUT2D eigenvalue weighted by atomic mass is 10.0. The lowest BCUT2D eigenvalue weighted by Gasteiger charge is -2.39. The van der Waals surface area contributed by atoms with Crippen molar-refractivity contribution in [2.45, 2.75) is 13.0 Å². The molecule has 1 unspecified atom stereocenters. The van der Waals surface area contributed by atoms with Crippen LogP contribution in [0.1, 0.15) is 18.5 Å². The normalized spacial score (nSPS) is 16.2. The van der Waals surface area contributed by atoms with Gasteiger partial charge in [-0.3, -0.25) is 9.69 Å². The van der Waals surface area contributed by atoms with Crippen molar-refractivity contribution in [1.29, 1.82) is 0 Å². The monoisotopic (exact) mass is 374 g/mol. The summed E-state index contributed by atoms with van der Waals surface area (Å²) in [6.07, 6.45) is 0. The fourth-order valence-corrected chi connectivity index (χ4v) is 3.53. The molecule has 2 aromatic rings. The lowest BCUT2D eigenvalue weighted by molar-refractivity contribution is -0.126. The number of amides is 1. The number of anilines is 2. The van der Waals surface area contributed by atoms with Gasteiger partial charge in [0.1, 0.15) is 11.7 Å². The van der Waals surface area contributed by atoms with Crippen molar-refractivity contribution >= 4 is 17.3 Å². The summed E-state index contributed by atoms with van der Waals surface area (Å²) in [5.74, 6) is -1.39. The molecule has 0 aliphatic carbocycles. The SMILES string of the molecule is CCNC(=O)C(c1ccccc1)N1CCN(c2c(F)cc(N)cc2F)CC1. The van der Waals surface area contributed by atoms with Crippen molar-refractivity contribution < 1.29 is 13.6 Å². The molecule has 1 saturated heterocycles. The molecule has 3 rings (SSSR count). The van der Waals surface area contributed by atoms with Gasteiger partial charge in [-0.15, -0.1) is 0 Å². The Morgan fingerprint density at radius 3 is 2.26 bits per heavy atom. The van der Waals surface area contributed by atoms with E-state index in [0.717, 1.165) is 17.7 Å². The van der Waals surface area contributed by atoms with Crippen LogP contribution >= 0.6 is 0 Å². The van der Waals surface area contributed by atoms with Gasteiger partial charge < -0.3 is 16.0 Å². The van der Waals surface area contributed by atoms with E-state index in [-0.39, 0.29) is 17.3 Å². The maximum atomic E-state index is 14.2. The van der Waals surface area contributed by atoms with Crippen LogP contribution in [-0.4, -0.2) is 43.5 Å². The molecule has 27 heavy (non-hydrogen) atoms. The van der Waals surface area contributed by atoms with E-state index in [4.69, 9.17) is 5.73 Å². The highest BCUT2D eigenvalue weighted by molar-refractivity contribution is 5.83. The quantitative estimate of drug-likeness (QED) is 0.790. The molecule has 0 spiro atoms. The van der Waals surface area contributed by atoms with Crippen LogP contribution in [0.2, 0.25) is 0 Å². The number of hydrogen-bond acceptors (Lipinski definition) is 4. The predicted octanol–water partition coefficient (Wildman–Crippen LogP) is 2.55. The maximum Gasteiger partial charge on any atom is 0.241 e. The van der Waals surface area contributed by atoms with Crippen LogP contribution < -0.4 is 16.0 Å². The zero-order valence-electron chi connectivity index (χ0n) is 15.3. The van der Waals surface area contributed by atoms with Crippen molar-refractivity contribution in [1.82, 2.24) is 10.2 Å². The molecule has 5 nitrogen and oxygen atoms in total. The summed E-state index contributed by atoms with van der Waals surface area (Å²) in [5.41, 5.74) is 6.40. The molecule has 0 aromatic heterocycles. The van der Waals surface area contributed by atoms with Gasteiger partial charge in [0.05, 0.1) is 0 Å². The van der Waals surface area contributed by atoms with E-state index in [2.05, 4.69) is 5.32 Å². The van der Waals surface area contributed by atoms with Crippen LogP contribution in [-0.2, 0) is 4.79 Å². The number of carbonyl (C=O) groups is 1. The first kappa shape index (κ1) is 19.1. The molecule has 1 aliphatic rings. The zero-order valence-corrected chi connectivity index (χ0v) is 15.3. The number of likely N-dealkylation sites (N-methyl/N-ethyl adjacent to an activating group) is 1. The van der Waals surface area contributed by atoms with Gasteiger partial charge in [0.25, 0.3) is 0 Å². The molecule has 0 saturated carbocycles. The summed E-state index contributed by atoms with van der Waals surface area (Å²) < 4.78 is 28.4. The Balaban J connectivity index is 1.77.